The lowest BCUT2D eigenvalue weighted by Crippen LogP contribution is -1.94. The normalized spacial score (nSPS) is 12.3. The number of hydrogen-bond acceptors (Lipinski definition) is 1. The molecule has 0 aliphatic carbocycles. The van der Waals surface area contributed by atoms with E-state index in [2.05, 4.69) is 13.8 Å². The summed E-state index contributed by atoms with van der Waals surface area (Å²) in [4.78, 5) is 0. The van der Waals surface area contributed by atoms with E-state index in [4.69, 9.17) is 0 Å². The molecule has 0 heterocycles. The van der Waals surface area contributed by atoms with Crippen molar-refractivity contribution in [3.63, 3.8) is 0 Å². The molecule has 0 aliphatic heterocycles. The number of aromatic hydroxyl groups is 1. The van der Waals surface area contributed by atoms with Crippen molar-refractivity contribution in [2.75, 3.05) is 0 Å². The Morgan fingerprint density at radius 1 is 1.00 bits per heavy atom. The summed E-state index contributed by atoms with van der Waals surface area (Å²) in [6.07, 6.45) is 2.24. The molecule has 1 unspecified atom stereocenters. The number of phenols is 1. The molecule has 1 N–H and O–H groups in total. The molecule has 0 radical (unpaired) electrons. The molecule has 2 aromatic rings. The molecule has 0 spiro atoms. The minimum Gasteiger partial charge on any atom is -0.507 e. The molecule has 1 nitrogen and oxygen atoms in total. The van der Waals surface area contributed by atoms with Crippen molar-refractivity contribution in [3.8, 4) is 16.9 Å². The van der Waals surface area contributed by atoms with E-state index in [0.717, 1.165) is 29.5 Å². The van der Waals surface area contributed by atoms with Crippen molar-refractivity contribution in [1.29, 1.82) is 0 Å². The first-order valence-electron chi connectivity index (χ1n) is 6.61. The van der Waals surface area contributed by atoms with Crippen LogP contribution in [0.1, 0.15) is 38.2 Å². The second kappa shape index (κ2) is 5.72. The van der Waals surface area contributed by atoms with Crippen molar-refractivity contribution in [1.82, 2.24) is 0 Å². The first-order valence-corrected chi connectivity index (χ1v) is 6.61. The van der Waals surface area contributed by atoms with Gasteiger partial charge in [-0.15, -0.1) is 0 Å². The maximum absolute atomic E-state index is 10.4. The fourth-order valence-electron chi connectivity index (χ4n) is 2.40. The maximum atomic E-state index is 10.4. The lowest BCUT2D eigenvalue weighted by Gasteiger charge is -2.15. The molecule has 0 saturated heterocycles. The predicted octanol–water partition coefficient (Wildman–Crippen LogP) is 4.96. The highest BCUT2D eigenvalue weighted by Crippen LogP contribution is 2.36. The van der Waals surface area contributed by atoms with Gasteiger partial charge in [0.05, 0.1) is 0 Å². The van der Waals surface area contributed by atoms with E-state index in [-0.39, 0.29) is 0 Å². The third-order valence-corrected chi connectivity index (χ3v) is 3.40. The van der Waals surface area contributed by atoms with Gasteiger partial charge >= 0.3 is 0 Å². The van der Waals surface area contributed by atoms with Crippen molar-refractivity contribution in [3.05, 3.63) is 54.1 Å². The van der Waals surface area contributed by atoms with Crippen LogP contribution in [0.3, 0.4) is 0 Å². The van der Waals surface area contributed by atoms with E-state index in [9.17, 15) is 5.11 Å². The van der Waals surface area contributed by atoms with Crippen LogP contribution in [-0.4, -0.2) is 5.11 Å². The number of rotatable bonds is 4. The zero-order valence-electron chi connectivity index (χ0n) is 11.1. The molecular formula is C17H20O. The highest BCUT2D eigenvalue weighted by Gasteiger charge is 2.13. The lowest BCUT2D eigenvalue weighted by atomic mass is 9.92. The van der Waals surface area contributed by atoms with Gasteiger partial charge in [-0.25, -0.2) is 0 Å². The zero-order valence-corrected chi connectivity index (χ0v) is 11.1. The van der Waals surface area contributed by atoms with Crippen LogP contribution in [0.5, 0.6) is 5.75 Å². The van der Waals surface area contributed by atoms with E-state index in [1.54, 1.807) is 0 Å². The topological polar surface area (TPSA) is 20.2 Å². The van der Waals surface area contributed by atoms with Crippen LogP contribution >= 0.6 is 0 Å². The SMILES string of the molecule is CCCC(C)c1cccc(-c2ccccc2)c1O. The van der Waals surface area contributed by atoms with E-state index in [1.807, 2.05) is 48.5 Å². The third-order valence-electron chi connectivity index (χ3n) is 3.40. The highest BCUT2D eigenvalue weighted by atomic mass is 16.3. The van der Waals surface area contributed by atoms with Gasteiger partial charge < -0.3 is 5.11 Å². The van der Waals surface area contributed by atoms with Gasteiger partial charge in [-0.2, -0.15) is 0 Å². The molecule has 0 amide bonds. The molecule has 2 aromatic carbocycles. The van der Waals surface area contributed by atoms with Crippen LogP contribution < -0.4 is 0 Å². The Hall–Kier alpha value is -1.76. The highest BCUT2D eigenvalue weighted by molar-refractivity contribution is 5.71. The summed E-state index contributed by atoms with van der Waals surface area (Å²) < 4.78 is 0. The Kier molecular flexibility index (Phi) is 4.03. The summed E-state index contributed by atoms with van der Waals surface area (Å²) in [7, 11) is 0. The standard InChI is InChI=1S/C17H20O/c1-3-8-13(2)15-11-7-12-16(17(15)18)14-9-5-4-6-10-14/h4-7,9-13,18H,3,8H2,1-2H3. The second-order valence-corrected chi connectivity index (χ2v) is 4.80. The minimum atomic E-state index is 0.402. The van der Waals surface area contributed by atoms with Gasteiger partial charge in [-0.1, -0.05) is 68.8 Å². The Morgan fingerprint density at radius 2 is 1.72 bits per heavy atom. The smallest absolute Gasteiger partial charge is 0.126 e. The van der Waals surface area contributed by atoms with E-state index < -0.39 is 0 Å². The average Bonchev–Trinajstić information content (AvgIpc) is 2.40. The Bertz CT molecular complexity index is 502. The van der Waals surface area contributed by atoms with Crippen molar-refractivity contribution >= 4 is 0 Å². The van der Waals surface area contributed by atoms with Crippen LogP contribution in [0, 0.1) is 0 Å². The van der Waals surface area contributed by atoms with Gasteiger partial charge in [0.2, 0.25) is 0 Å². The predicted molar refractivity (Wildman–Crippen MR) is 76.9 cm³/mol. The molecule has 1 heteroatoms. The summed E-state index contributed by atoms with van der Waals surface area (Å²) in [6, 6.07) is 16.1. The van der Waals surface area contributed by atoms with Gasteiger partial charge in [0.25, 0.3) is 0 Å². The molecule has 1 atom stereocenters. The summed E-state index contributed by atoms with van der Waals surface area (Å²) in [5.74, 6) is 0.836. The van der Waals surface area contributed by atoms with Crippen molar-refractivity contribution < 1.29 is 5.11 Å². The summed E-state index contributed by atoms with van der Waals surface area (Å²) in [5.41, 5.74) is 3.05. The largest absolute Gasteiger partial charge is 0.507 e. The minimum absolute atomic E-state index is 0.402. The fourth-order valence-corrected chi connectivity index (χ4v) is 2.40. The second-order valence-electron chi connectivity index (χ2n) is 4.80. The Balaban J connectivity index is 2.42. The molecule has 0 fully saturated rings. The van der Waals surface area contributed by atoms with Gasteiger partial charge in [-0.3, -0.25) is 0 Å². The van der Waals surface area contributed by atoms with Crippen LogP contribution in [0.2, 0.25) is 0 Å². The van der Waals surface area contributed by atoms with Gasteiger partial charge in [0.15, 0.2) is 0 Å². The first-order chi connectivity index (χ1) is 8.74. The quantitative estimate of drug-likeness (QED) is 0.800. The molecule has 94 valence electrons. The lowest BCUT2D eigenvalue weighted by molar-refractivity contribution is 0.462. The number of para-hydroxylation sites is 1. The average molecular weight is 240 g/mol. The Labute approximate surface area is 109 Å². The zero-order chi connectivity index (χ0) is 13.0. The summed E-state index contributed by atoms with van der Waals surface area (Å²) in [5, 5.41) is 10.4. The number of phenolic OH excluding ortho intramolecular Hbond substituents is 1. The molecule has 0 saturated carbocycles. The molecule has 0 aliphatic rings. The van der Waals surface area contributed by atoms with E-state index in [1.165, 1.54) is 0 Å². The van der Waals surface area contributed by atoms with Crippen LogP contribution in [-0.2, 0) is 0 Å². The van der Waals surface area contributed by atoms with Crippen LogP contribution in [0.4, 0.5) is 0 Å². The van der Waals surface area contributed by atoms with Crippen molar-refractivity contribution in [2.24, 2.45) is 0 Å². The van der Waals surface area contributed by atoms with Gasteiger partial charge in [0, 0.05) is 5.56 Å². The number of hydrogen-bond donors (Lipinski definition) is 1. The van der Waals surface area contributed by atoms with E-state index in [0.29, 0.717) is 11.7 Å². The van der Waals surface area contributed by atoms with E-state index >= 15 is 0 Å². The number of benzene rings is 2. The summed E-state index contributed by atoms with van der Waals surface area (Å²) in [6.45, 7) is 4.35. The third kappa shape index (κ3) is 2.56. The summed E-state index contributed by atoms with van der Waals surface area (Å²) >= 11 is 0. The van der Waals surface area contributed by atoms with Crippen LogP contribution in [0.25, 0.3) is 11.1 Å². The monoisotopic (exact) mass is 240 g/mol. The van der Waals surface area contributed by atoms with Crippen molar-refractivity contribution in [2.45, 2.75) is 32.6 Å². The molecular weight excluding hydrogens is 220 g/mol. The van der Waals surface area contributed by atoms with Crippen LogP contribution in [0.15, 0.2) is 48.5 Å². The van der Waals surface area contributed by atoms with Gasteiger partial charge in [0.1, 0.15) is 5.75 Å². The molecule has 18 heavy (non-hydrogen) atoms. The molecule has 0 bridgehead atoms. The Morgan fingerprint density at radius 3 is 2.39 bits per heavy atom. The fraction of sp³-hybridized carbons (Fsp3) is 0.294. The van der Waals surface area contributed by atoms with Gasteiger partial charge in [-0.05, 0) is 23.5 Å². The maximum Gasteiger partial charge on any atom is 0.126 e. The first kappa shape index (κ1) is 12.7. The molecule has 0 aromatic heterocycles. The molecule has 2 rings (SSSR count).